The summed E-state index contributed by atoms with van der Waals surface area (Å²) < 4.78 is 10.6. The van der Waals surface area contributed by atoms with Gasteiger partial charge in [0.05, 0.1) is 25.9 Å². The van der Waals surface area contributed by atoms with Crippen LogP contribution in [-0.4, -0.2) is 51.7 Å². The van der Waals surface area contributed by atoms with Gasteiger partial charge < -0.3 is 19.7 Å². The minimum atomic E-state index is 0.0119. The highest BCUT2D eigenvalue weighted by Crippen LogP contribution is 2.27. The summed E-state index contributed by atoms with van der Waals surface area (Å²) >= 11 is 0. The summed E-state index contributed by atoms with van der Waals surface area (Å²) in [5, 5.41) is 11.8. The Kier molecular flexibility index (Phi) is 10.1. The maximum atomic E-state index is 12.0. The number of rotatable bonds is 12. The molecule has 0 unspecified atom stereocenters. The van der Waals surface area contributed by atoms with Gasteiger partial charge in [-0.25, -0.2) is 0 Å². The zero-order valence-corrected chi connectivity index (χ0v) is 18.6. The molecule has 0 aliphatic carbocycles. The van der Waals surface area contributed by atoms with Crippen LogP contribution in [0.4, 0.5) is 0 Å². The summed E-state index contributed by atoms with van der Waals surface area (Å²) in [6.45, 7) is 2.50. The predicted molar refractivity (Wildman–Crippen MR) is 123 cm³/mol. The molecule has 2 aromatic rings. The van der Waals surface area contributed by atoms with Crippen LogP contribution in [0.5, 0.6) is 11.5 Å². The first-order valence-electron chi connectivity index (χ1n) is 10.4. The van der Waals surface area contributed by atoms with Gasteiger partial charge in [-0.15, -0.1) is 0 Å². The summed E-state index contributed by atoms with van der Waals surface area (Å²) in [7, 11) is 5.36. The topological polar surface area (TPSA) is 74.6 Å². The second-order valence-corrected chi connectivity index (χ2v) is 7.29. The first kappa shape index (κ1) is 24.0. The summed E-state index contributed by atoms with van der Waals surface area (Å²) in [4.78, 5) is 14.2. The fourth-order valence-electron chi connectivity index (χ4n) is 3.09. The molecule has 0 atom stereocenters. The molecule has 2 aromatic carbocycles. The average Bonchev–Trinajstić information content (AvgIpc) is 2.80. The molecular formula is C25H31N3O3. The molecule has 0 spiro atoms. The van der Waals surface area contributed by atoms with E-state index in [0.29, 0.717) is 18.5 Å². The first-order chi connectivity index (χ1) is 15.0. The first-order valence-corrected chi connectivity index (χ1v) is 10.4. The molecule has 0 aliphatic rings. The van der Waals surface area contributed by atoms with Gasteiger partial charge in [-0.05, 0) is 61.8 Å². The number of carbonyl (C=O) groups excluding carboxylic acids is 1. The fourth-order valence-corrected chi connectivity index (χ4v) is 3.09. The highest BCUT2D eigenvalue weighted by atomic mass is 16.5. The number of methoxy groups -OCH3 is 2. The molecule has 6 nitrogen and oxygen atoms in total. The van der Waals surface area contributed by atoms with E-state index < -0.39 is 0 Å². The average molecular weight is 422 g/mol. The van der Waals surface area contributed by atoms with E-state index in [-0.39, 0.29) is 5.91 Å². The number of carbonyl (C=O) groups is 1. The minimum absolute atomic E-state index is 0.0119. The second kappa shape index (κ2) is 13.1. The number of amides is 1. The lowest BCUT2D eigenvalue weighted by Gasteiger charge is -2.17. The third-order valence-electron chi connectivity index (χ3n) is 4.92. The van der Waals surface area contributed by atoms with E-state index in [1.165, 1.54) is 5.56 Å². The van der Waals surface area contributed by atoms with Crippen LogP contribution in [0, 0.1) is 11.3 Å². The van der Waals surface area contributed by atoms with Crippen LogP contribution < -0.4 is 14.8 Å². The molecular weight excluding hydrogens is 390 g/mol. The van der Waals surface area contributed by atoms with E-state index in [0.717, 1.165) is 43.0 Å². The zero-order chi connectivity index (χ0) is 22.5. The van der Waals surface area contributed by atoms with E-state index in [9.17, 15) is 4.79 Å². The van der Waals surface area contributed by atoms with Gasteiger partial charge in [-0.2, -0.15) is 5.26 Å². The van der Waals surface area contributed by atoms with Crippen molar-refractivity contribution in [3.63, 3.8) is 0 Å². The Morgan fingerprint density at radius 1 is 1.10 bits per heavy atom. The number of ether oxygens (including phenoxy) is 2. The summed E-state index contributed by atoms with van der Waals surface area (Å²) in [6.07, 6.45) is 5.89. The van der Waals surface area contributed by atoms with Crippen molar-refractivity contribution in [2.24, 2.45) is 0 Å². The molecule has 0 heterocycles. The van der Waals surface area contributed by atoms with E-state index in [2.05, 4.69) is 29.4 Å². The highest BCUT2D eigenvalue weighted by molar-refractivity contribution is 5.78. The van der Waals surface area contributed by atoms with Gasteiger partial charge >= 0.3 is 0 Å². The maximum absolute atomic E-state index is 12.0. The zero-order valence-electron chi connectivity index (χ0n) is 18.6. The number of nitrogens with zero attached hydrogens (tertiary/aromatic N) is 2. The maximum Gasteiger partial charge on any atom is 0.223 e. The minimum Gasteiger partial charge on any atom is -0.493 e. The number of nitriles is 1. The molecule has 0 aliphatic heterocycles. The van der Waals surface area contributed by atoms with Gasteiger partial charge in [0.25, 0.3) is 0 Å². The molecule has 1 amide bonds. The van der Waals surface area contributed by atoms with Crippen molar-refractivity contribution >= 4 is 12.0 Å². The molecule has 6 heteroatoms. The third kappa shape index (κ3) is 8.53. The van der Waals surface area contributed by atoms with Crippen LogP contribution in [0.2, 0.25) is 0 Å². The molecule has 0 fully saturated rings. The van der Waals surface area contributed by atoms with Crippen molar-refractivity contribution in [3.05, 3.63) is 65.2 Å². The molecule has 0 saturated carbocycles. The van der Waals surface area contributed by atoms with Crippen LogP contribution >= 0.6 is 0 Å². The van der Waals surface area contributed by atoms with Crippen LogP contribution in [-0.2, 0) is 11.2 Å². The quantitative estimate of drug-likeness (QED) is 0.530. The Morgan fingerprint density at radius 3 is 2.52 bits per heavy atom. The van der Waals surface area contributed by atoms with Crippen molar-refractivity contribution < 1.29 is 14.3 Å². The van der Waals surface area contributed by atoms with Gasteiger partial charge in [0, 0.05) is 19.5 Å². The molecule has 0 bridgehead atoms. The Bertz CT molecular complexity index is 901. The number of hydrogen-bond donors (Lipinski definition) is 1. The van der Waals surface area contributed by atoms with Crippen molar-refractivity contribution in [3.8, 4) is 17.6 Å². The largest absolute Gasteiger partial charge is 0.493 e. The molecule has 0 radical (unpaired) electrons. The van der Waals surface area contributed by atoms with Gasteiger partial charge in [0.2, 0.25) is 5.91 Å². The predicted octanol–water partition coefficient (Wildman–Crippen LogP) is 3.66. The number of nitrogens with one attached hydrogen (secondary N) is 1. The Balaban J connectivity index is 1.61. The van der Waals surface area contributed by atoms with Gasteiger partial charge in [-0.1, -0.05) is 30.4 Å². The normalized spacial score (nSPS) is 10.8. The van der Waals surface area contributed by atoms with Gasteiger partial charge in [0.1, 0.15) is 0 Å². The lowest BCUT2D eigenvalue weighted by molar-refractivity contribution is -0.120. The van der Waals surface area contributed by atoms with Gasteiger partial charge in [-0.3, -0.25) is 4.79 Å². The molecule has 164 valence electrons. The number of likely N-dealkylation sites (N-methyl/N-ethyl adjacent to an activating group) is 1. The number of hydrogen-bond acceptors (Lipinski definition) is 5. The molecule has 1 N–H and O–H groups in total. The number of benzene rings is 2. The van der Waals surface area contributed by atoms with E-state index in [1.54, 1.807) is 26.4 Å². The summed E-state index contributed by atoms with van der Waals surface area (Å²) in [5.74, 6) is 1.50. The monoisotopic (exact) mass is 421 g/mol. The van der Waals surface area contributed by atoms with E-state index in [1.807, 2.05) is 36.4 Å². The Morgan fingerprint density at radius 2 is 1.84 bits per heavy atom. The SMILES string of the molecule is COc1ccc(CCN(C)CCCNC(=O)C/C=C/c2ccc(C#N)cc2)cc1OC. The Labute approximate surface area is 185 Å². The Hall–Kier alpha value is -3.30. The lowest BCUT2D eigenvalue weighted by atomic mass is 10.1. The smallest absolute Gasteiger partial charge is 0.223 e. The van der Waals surface area contributed by atoms with Crippen LogP contribution in [0.1, 0.15) is 29.5 Å². The van der Waals surface area contributed by atoms with Crippen molar-refractivity contribution in [1.29, 1.82) is 5.26 Å². The van der Waals surface area contributed by atoms with Crippen LogP contribution in [0.3, 0.4) is 0 Å². The van der Waals surface area contributed by atoms with E-state index >= 15 is 0 Å². The molecule has 0 aromatic heterocycles. The second-order valence-electron chi connectivity index (χ2n) is 7.29. The third-order valence-corrected chi connectivity index (χ3v) is 4.92. The van der Waals surface area contributed by atoms with Crippen molar-refractivity contribution in [2.45, 2.75) is 19.3 Å². The highest BCUT2D eigenvalue weighted by Gasteiger charge is 2.06. The summed E-state index contributed by atoms with van der Waals surface area (Å²) in [5.41, 5.74) is 2.80. The van der Waals surface area contributed by atoms with Crippen molar-refractivity contribution in [2.75, 3.05) is 40.9 Å². The van der Waals surface area contributed by atoms with Crippen molar-refractivity contribution in [1.82, 2.24) is 10.2 Å². The summed E-state index contributed by atoms with van der Waals surface area (Å²) in [6, 6.07) is 15.3. The lowest BCUT2D eigenvalue weighted by Crippen LogP contribution is -2.28. The molecule has 0 saturated heterocycles. The van der Waals surface area contributed by atoms with Crippen LogP contribution in [0.25, 0.3) is 6.08 Å². The molecule has 2 rings (SSSR count). The standard InChI is InChI=1S/C25H31N3O3/c1-28(17-14-21-12-13-23(30-2)24(18-21)31-3)16-5-15-27-25(29)7-4-6-20-8-10-22(19-26)11-9-20/h4,6,8-13,18H,5,7,14-17H2,1-3H3,(H,27,29)/b6-4+. The fraction of sp³-hybridized carbons (Fsp3) is 0.360. The van der Waals surface area contributed by atoms with Gasteiger partial charge in [0.15, 0.2) is 11.5 Å². The molecule has 31 heavy (non-hydrogen) atoms. The van der Waals surface area contributed by atoms with Crippen LogP contribution in [0.15, 0.2) is 48.5 Å². The van der Waals surface area contributed by atoms with E-state index in [4.69, 9.17) is 14.7 Å².